The number of nitrogens with zero attached hydrogens (tertiary/aromatic N) is 1. The lowest BCUT2D eigenvalue weighted by atomic mass is 10.2. The molecule has 2 rings (SSSR count). The first-order valence-corrected chi connectivity index (χ1v) is 9.88. The highest BCUT2D eigenvalue weighted by Gasteiger charge is 2.38. The van der Waals surface area contributed by atoms with Crippen molar-refractivity contribution in [3.63, 3.8) is 0 Å². The summed E-state index contributed by atoms with van der Waals surface area (Å²) >= 11 is 0. The smallest absolute Gasteiger partial charge is 0.410 e. The lowest BCUT2D eigenvalue weighted by Gasteiger charge is -2.31. The summed E-state index contributed by atoms with van der Waals surface area (Å²) in [6.45, 7) is 9.16. The van der Waals surface area contributed by atoms with Crippen molar-refractivity contribution in [3.8, 4) is 0 Å². The van der Waals surface area contributed by atoms with Crippen LogP contribution in [0.3, 0.4) is 0 Å². The van der Waals surface area contributed by atoms with Crippen molar-refractivity contribution in [1.82, 2.24) is 4.90 Å². The second-order valence-electron chi connectivity index (χ2n) is 7.52. The molecule has 0 aliphatic carbocycles. The van der Waals surface area contributed by atoms with E-state index in [1.54, 1.807) is 37.8 Å². The van der Waals surface area contributed by atoms with Gasteiger partial charge in [0.15, 0.2) is 0 Å². The van der Waals surface area contributed by atoms with Crippen molar-refractivity contribution in [3.05, 3.63) is 29.8 Å². The average molecular weight is 369 g/mol. The lowest BCUT2D eigenvalue weighted by molar-refractivity contribution is 0.0119. The molecule has 140 valence electrons. The molecule has 0 spiro atoms. The van der Waals surface area contributed by atoms with Gasteiger partial charge in [-0.25, -0.2) is 4.79 Å². The highest BCUT2D eigenvalue weighted by atomic mass is 32.2. The van der Waals surface area contributed by atoms with Gasteiger partial charge in [0, 0.05) is 6.04 Å². The van der Waals surface area contributed by atoms with Gasteiger partial charge in [-0.1, -0.05) is 17.7 Å². The Balaban J connectivity index is 2.05. The predicted octanol–water partition coefficient (Wildman–Crippen LogP) is 3.49. The van der Waals surface area contributed by atoms with Crippen LogP contribution in [0.4, 0.5) is 4.79 Å². The van der Waals surface area contributed by atoms with E-state index in [0.29, 0.717) is 6.42 Å². The number of carbonyl (C=O) groups excluding carboxylic acids is 1. The third kappa shape index (κ3) is 5.19. The van der Waals surface area contributed by atoms with Crippen LogP contribution in [0.2, 0.25) is 0 Å². The van der Waals surface area contributed by atoms with Crippen molar-refractivity contribution in [2.75, 3.05) is 6.61 Å². The third-order valence-corrected chi connectivity index (χ3v) is 5.41. The number of aryl methyl sites for hydroxylation is 1. The highest BCUT2D eigenvalue weighted by molar-refractivity contribution is 7.86. The number of ether oxygens (including phenoxy) is 1. The second kappa shape index (κ2) is 7.33. The van der Waals surface area contributed by atoms with Crippen LogP contribution in [0.15, 0.2) is 29.2 Å². The first-order chi connectivity index (χ1) is 11.5. The molecule has 1 fully saturated rings. The van der Waals surface area contributed by atoms with Crippen molar-refractivity contribution in [2.24, 2.45) is 0 Å². The molecule has 0 saturated carbocycles. The number of likely N-dealkylation sites (tertiary alicyclic amines) is 1. The monoisotopic (exact) mass is 369 g/mol. The molecule has 1 heterocycles. The molecule has 1 aromatic rings. The molecule has 1 saturated heterocycles. The fourth-order valence-electron chi connectivity index (χ4n) is 2.82. The average Bonchev–Trinajstić information content (AvgIpc) is 2.85. The van der Waals surface area contributed by atoms with Gasteiger partial charge in [0.25, 0.3) is 10.1 Å². The van der Waals surface area contributed by atoms with Crippen molar-refractivity contribution >= 4 is 16.2 Å². The number of amides is 1. The minimum Gasteiger partial charge on any atom is -0.444 e. The SMILES string of the molecule is Cc1ccc(S(=O)(=O)OC[C@H]2CC[C@@H](C)N2C(=O)OC(C)(C)C)cc1. The number of carbonyl (C=O) groups is 1. The van der Waals surface area contributed by atoms with E-state index in [1.807, 2.05) is 13.8 Å². The Kier molecular flexibility index (Phi) is 5.79. The topological polar surface area (TPSA) is 72.9 Å². The predicted molar refractivity (Wildman–Crippen MR) is 94.9 cm³/mol. The van der Waals surface area contributed by atoms with Crippen LogP contribution in [-0.2, 0) is 19.0 Å². The van der Waals surface area contributed by atoms with Crippen LogP contribution < -0.4 is 0 Å². The van der Waals surface area contributed by atoms with Gasteiger partial charge < -0.3 is 9.64 Å². The maximum Gasteiger partial charge on any atom is 0.410 e. The highest BCUT2D eigenvalue weighted by Crippen LogP contribution is 2.27. The van der Waals surface area contributed by atoms with Crippen LogP contribution in [0.1, 0.15) is 46.1 Å². The molecule has 7 heteroatoms. The van der Waals surface area contributed by atoms with E-state index >= 15 is 0 Å². The molecular formula is C18H27NO5S. The molecule has 1 aliphatic heterocycles. The molecule has 0 aromatic heterocycles. The maximum atomic E-state index is 12.4. The molecule has 1 aromatic carbocycles. The first kappa shape index (κ1) is 19.7. The van der Waals surface area contributed by atoms with Gasteiger partial charge in [-0.3, -0.25) is 4.18 Å². The molecule has 25 heavy (non-hydrogen) atoms. The Morgan fingerprint density at radius 1 is 1.20 bits per heavy atom. The second-order valence-corrected chi connectivity index (χ2v) is 9.13. The van der Waals surface area contributed by atoms with Gasteiger partial charge in [0.05, 0.1) is 17.5 Å². The quantitative estimate of drug-likeness (QED) is 0.760. The van der Waals surface area contributed by atoms with E-state index in [4.69, 9.17) is 8.92 Å². The van der Waals surface area contributed by atoms with E-state index in [2.05, 4.69) is 0 Å². The molecule has 6 nitrogen and oxygen atoms in total. The van der Waals surface area contributed by atoms with Gasteiger partial charge in [0.1, 0.15) is 5.60 Å². The zero-order chi connectivity index (χ0) is 18.8. The molecular weight excluding hydrogens is 342 g/mol. The Morgan fingerprint density at radius 3 is 2.36 bits per heavy atom. The van der Waals surface area contributed by atoms with Crippen LogP contribution >= 0.6 is 0 Å². The third-order valence-electron chi connectivity index (χ3n) is 4.12. The number of rotatable bonds is 4. The van der Waals surface area contributed by atoms with Crippen molar-refractivity contribution in [2.45, 2.75) is 70.0 Å². The van der Waals surface area contributed by atoms with Crippen LogP contribution in [0.25, 0.3) is 0 Å². The Bertz CT molecular complexity index is 706. The molecule has 1 amide bonds. The van der Waals surface area contributed by atoms with E-state index in [9.17, 15) is 13.2 Å². The molecule has 0 unspecified atom stereocenters. The fourth-order valence-corrected chi connectivity index (χ4v) is 3.76. The lowest BCUT2D eigenvalue weighted by Crippen LogP contribution is -2.45. The zero-order valence-corrected chi connectivity index (χ0v) is 16.3. The van der Waals surface area contributed by atoms with Gasteiger partial charge in [-0.05, 0) is 59.6 Å². The Labute approximate surface area is 150 Å². The Hall–Kier alpha value is -1.60. The Morgan fingerprint density at radius 2 is 1.80 bits per heavy atom. The summed E-state index contributed by atoms with van der Waals surface area (Å²) in [5, 5.41) is 0. The molecule has 0 bridgehead atoms. The maximum absolute atomic E-state index is 12.4. The normalized spacial score (nSPS) is 21.4. The standard InChI is InChI=1S/C18H27NO5S/c1-13-6-10-16(11-7-13)25(21,22)23-12-15-9-8-14(2)19(15)17(20)24-18(3,4)5/h6-7,10-11,14-15H,8-9,12H2,1-5H3/t14-,15-/m1/s1. The van der Waals surface area contributed by atoms with Crippen LogP contribution in [-0.4, -0.2) is 43.7 Å². The fraction of sp³-hybridized carbons (Fsp3) is 0.611. The number of benzene rings is 1. The van der Waals surface area contributed by atoms with Gasteiger partial charge in [-0.15, -0.1) is 0 Å². The van der Waals surface area contributed by atoms with Gasteiger partial charge in [0.2, 0.25) is 0 Å². The van der Waals surface area contributed by atoms with Crippen LogP contribution in [0, 0.1) is 6.92 Å². The number of hydrogen-bond acceptors (Lipinski definition) is 5. The largest absolute Gasteiger partial charge is 0.444 e. The summed E-state index contributed by atoms with van der Waals surface area (Å²) in [6, 6.07) is 6.17. The summed E-state index contributed by atoms with van der Waals surface area (Å²) in [6.07, 6.45) is 1.04. The molecule has 0 N–H and O–H groups in total. The minimum absolute atomic E-state index is 0.00877. The summed E-state index contributed by atoms with van der Waals surface area (Å²) in [7, 11) is -3.85. The summed E-state index contributed by atoms with van der Waals surface area (Å²) in [5.74, 6) is 0. The zero-order valence-electron chi connectivity index (χ0n) is 15.5. The van der Waals surface area contributed by atoms with Crippen LogP contribution in [0.5, 0.6) is 0 Å². The van der Waals surface area contributed by atoms with E-state index < -0.39 is 21.8 Å². The minimum atomic E-state index is -3.85. The van der Waals surface area contributed by atoms with E-state index in [0.717, 1.165) is 12.0 Å². The van der Waals surface area contributed by atoms with E-state index in [1.165, 1.54) is 12.1 Å². The van der Waals surface area contributed by atoms with Crippen molar-refractivity contribution in [1.29, 1.82) is 0 Å². The van der Waals surface area contributed by atoms with Crippen molar-refractivity contribution < 1.29 is 22.1 Å². The summed E-state index contributed by atoms with van der Waals surface area (Å²) < 4.78 is 35.3. The molecule has 1 aliphatic rings. The number of hydrogen-bond donors (Lipinski definition) is 0. The summed E-state index contributed by atoms with van der Waals surface area (Å²) in [5.41, 5.74) is 0.373. The molecule has 2 atom stereocenters. The molecule has 0 radical (unpaired) electrons. The van der Waals surface area contributed by atoms with Gasteiger partial charge >= 0.3 is 6.09 Å². The van der Waals surface area contributed by atoms with E-state index in [-0.39, 0.29) is 23.6 Å². The van der Waals surface area contributed by atoms with Gasteiger partial charge in [-0.2, -0.15) is 8.42 Å². The first-order valence-electron chi connectivity index (χ1n) is 8.47. The summed E-state index contributed by atoms with van der Waals surface area (Å²) in [4.78, 5) is 14.1.